The summed E-state index contributed by atoms with van der Waals surface area (Å²) in [4.78, 5) is 0. The molecule has 0 amide bonds. The lowest BCUT2D eigenvalue weighted by molar-refractivity contribution is -0.611. The fourth-order valence-electron chi connectivity index (χ4n) is 2.95. The lowest BCUT2D eigenvalue weighted by Gasteiger charge is -2.44. The van der Waals surface area contributed by atoms with Crippen LogP contribution in [0.5, 0.6) is 0 Å². The first-order valence-electron chi connectivity index (χ1n) is 7.96. The van der Waals surface area contributed by atoms with Gasteiger partial charge in [-0.15, -0.1) is 0 Å². The van der Waals surface area contributed by atoms with Gasteiger partial charge in [-0.2, -0.15) is 0 Å². The maximum Gasteiger partial charge on any atom is 0.187 e. The molecule has 266 valence electrons. The van der Waals surface area contributed by atoms with Crippen molar-refractivity contribution in [2.45, 2.75) is 158 Å². The average molecular weight is 615 g/mol. The quantitative estimate of drug-likeness (QED) is 0.158. The molecule has 2 rings (SSSR count). The predicted octanol–water partition coefficient (Wildman–Crippen LogP) is 3.42. The minimum absolute atomic E-state index is 0. The van der Waals surface area contributed by atoms with Gasteiger partial charge in [-0.05, 0) is 16.5 Å². The van der Waals surface area contributed by atoms with E-state index in [9.17, 15) is 35.7 Å². The van der Waals surface area contributed by atoms with Crippen molar-refractivity contribution in [3.8, 4) is 0 Å². The number of hydrogen-bond acceptors (Lipinski definition) is 14. The van der Waals surface area contributed by atoms with Gasteiger partial charge in [-0.25, -0.2) is 10.5 Å². The molecule has 1 heterocycles. The molecule has 0 spiro atoms. The summed E-state index contributed by atoms with van der Waals surface area (Å²) in [5.41, 5.74) is 0. The van der Waals surface area contributed by atoms with Gasteiger partial charge in [0, 0.05) is 12.5 Å². The number of aliphatic hydroxyl groups excluding tert-OH is 8. The van der Waals surface area contributed by atoms with Crippen LogP contribution in [-0.2, 0) is 19.6 Å². The van der Waals surface area contributed by atoms with Gasteiger partial charge in [0.1, 0.15) is 36.6 Å². The van der Waals surface area contributed by atoms with Crippen LogP contribution in [0, 0.1) is 5.92 Å². The third-order valence-electron chi connectivity index (χ3n) is 4.52. The molecule has 14 nitrogen and oxygen atoms in total. The van der Waals surface area contributed by atoms with Crippen LogP contribution in [0.2, 0.25) is 0 Å². The Labute approximate surface area is 248 Å². The molecule has 1 saturated carbocycles. The van der Waals surface area contributed by atoms with Crippen molar-refractivity contribution in [2.24, 2.45) is 5.92 Å². The fraction of sp³-hybridized carbons (Fsp3) is 1.00. The largest absolute Gasteiger partial charge is 0.396 e. The molecule has 0 aromatic heterocycles. The van der Waals surface area contributed by atoms with Crippen LogP contribution in [0.1, 0.15) is 103 Å². The zero-order valence-electron chi connectivity index (χ0n) is 14.0. The first-order valence-corrected chi connectivity index (χ1v) is 7.96. The van der Waals surface area contributed by atoms with Crippen molar-refractivity contribution in [1.29, 1.82) is 0 Å². The molecule has 14 heteroatoms. The highest BCUT2D eigenvalue weighted by atomic mass is 17.6. The van der Waals surface area contributed by atoms with Crippen molar-refractivity contribution in [3.63, 3.8) is 0 Å². The van der Waals surface area contributed by atoms with E-state index in [0.717, 1.165) is 0 Å². The molecule has 40 heavy (non-hydrogen) atoms. The Morgan fingerprint density at radius 3 is 1.20 bits per heavy atom. The molecular weight excluding hydrogens is 536 g/mol. The number of hydrogen-bond donors (Lipinski definition) is 10. The van der Waals surface area contributed by atoms with Crippen LogP contribution in [-0.4, -0.2) is 120 Å². The van der Waals surface area contributed by atoms with Crippen molar-refractivity contribution < 1.29 is 70.9 Å². The third kappa shape index (κ3) is 21.2. The van der Waals surface area contributed by atoms with E-state index in [0.29, 0.717) is 0 Å². The Balaban J connectivity index is -0.0000000367. The van der Waals surface area contributed by atoms with E-state index in [1.54, 1.807) is 0 Å². The molecular formula is C26H78O14. The van der Waals surface area contributed by atoms with Gasteiger partial charge < -0.3 is 50.3 Å². The van der Waals surface area contributed by atoms with Gasteiger partial charge in [-0.1, -0.05) is 96.5 Å². The summed E-state index contributed by atoms with van der Waals surface area (Å²) >= 11 is 0. The fourth-order valence-corrected chi connectivity index (χ4v) is 2.95. The minimum atomic E-state index is -1.64. The van der Waals surface area contributed by atoms with E-state index < -0.39 is 74.3 Å². The Morgan fingerprint density at radius 1 is 0.500 bits per heavy atom. The highest BCUT2D eigenvalue weighted by Gasteiger charge is 2.48. The van der Waals surface area contributed by atoms with Crippen LogP contribution in [0.15, 0.2) is 0 Å². The van der Waals surface area contributed by atoms with E-state index in [2.05, 4.69) is 10.1 Å². The minimum Gasteiger partial charge on any atom is -0.396 e. The maximum absolute atomic E-state index is 9.96. The Bertz CT molecular complexity index is 383. The summed E-state index contributed by atoms with van der Waals surface area (Å²) in [7, 11) is 0. The molecule has 10 atom stereocenters. The van der Waals surface area contributed by atoms with E-state index in [1.165, 1.54) is 0 Å². The molecule has 2 aliphatic rings. The lowest BCUT2D eigenvalue weighted by Crippen LogP contribution is -2.62. The Morgan fingerprint density at radius 2 is 0.875 bits per heavy atom. The molecule has 0 aromatic carbocycles. The number of rotatable bonds is 5. The van der Waals surface area contributed by atoms with Gasteiger partial charge in [0.2, 0.25) is 0 Å². The van der Waals surface area contributed by atoms with E-state index in [-0.39, 0.29) is 103 Å². The normalized spacial score (nSPS) is 30.4. The third-order valence-corrected chi connectivity index (χ3v) is 4.52. The highest BCUT2D eigenvalue weighted by molar-refractivity contribution is 4.95. The van der Waals surface area contributed by atoms with Gasteiger partial charge in [0.25, 0.3) is 0 Å². The molecule has 10 N–H and O–H groups in total. The van der Waals surface area contributed by atoms with E-state index in [4.69, 9.17) is 25.1 Å². The molecule has 1 saturated heterocycles. The number of ether oxygens (including phenoxy) is 2. The first-order chi connectivity index (χ1) is 12.7. The van der Waals surface area contributed by atoms with Crippen molar-refractivity contribution in [1.82, 2.24) is 0 Å². The second-order valence-corrected chi connectivity index (χ2v) is 6.17. The molecule has 1 aliphatic carbocycles. The van der Waals surface area contributed by atoms with Gasteiger partial charge in [-0.3, -0.25) is 0 Å². The highest BCUT2D eigenvalue weighted by Crippen LogP contribution is 2.31. The van der Waals surface area contributed by atoms with Crippen molar-refractivity contribution in [2.75, 3.05) is 13.2 Å². The number of aliphatic hydroxyl groups is 8. The molecule has 5 unspecified atom stereocenters. The monoisotopic (exact) mass is 615 g/mol. The van der Waals surface area contributed by atoms with Crippen molar-refractivity contribution in [3.05, 3.63) is 0 Å². The second-order valence-electron chi connectivity index (χ2n) is 6.17. The van der Waals surface area contributed by atoms with E-state index in [1.807, 2.05) is 0 Å². The zero-order chi connectivity index (χ0) is 20.7. The molecule has 1 aliphatic heterocycles. The summed E-state index contributed by atoms with van der Waals surface area (Å²) in [6, 6.07) is 0. The molecule has 0 radical (unpaired) electrons. The van der Waals surface area contributed by atoms with Gasteiger partial charge in [0.15, 0.2) is 6.29 Å². The molecule has 0 aromatic rings. The topological polar surface area (TPSA) is 239 Å². The molecule has 0 bridgehead atoms. The Kier molecular flexibility index (Phi) is 84.6. The summed E-state index contributed by atoms with van der Waals surface area (Å²) in [6.45, 7) is -1.07. The zero-order valence-corrected chi connectivity index (χ0v) is 14.0. The Hall–Kier alpha value is -0.560. The summed E-state index contributed by atoms with van der Waals surface area (Å²) in [5, 5.41) is 96.1. The van der Waals surface area contributed by atoms with Crippen molar-refractivity contribution >= 4 is 0 Å². The second kappa shape index (κ2) is 40.6. The van der Waals surface area contributed by atoms with Crippen LogP contribution in [0.25, 0.3) is 0 Å². The van der Waals surface area contributed by atoms with Crippen LogP contribution in [0.4, 0.5) is 0 Å². The van der Waals surface area contributed by atoms with Gasteiger partial charge >= 0.3 is 0 Å². The van der Waals surface area contributed by atoms with Crippen LogP contribution < -0.4 is 0 Å². The SMILES string of the molecule is C.C.C.C.C.C.C.C.C.C.C.C.C.OCC1C[C@@H](O[C@@H]2OC(CO)[C@@H](O)[C@H](O)C2O)C(O)C(O)[C@@H]1O.OOOO. The summed E-state index contributed by atoms with van der Waals surface area (Å²) < 4.78 is 10.5. The van der Waals surface area contributed by atoms with E-state index >= 15 is 0 Å². The van der Waals surface area contributed by atoms with Crippen LogP contribution >= 0.6 is 0 Å². The summed E-state index contributed by atoms with van der Waals surface area (Å²) in [5.74, 6) is -0.747. The van der Waals surface area contributed by atoms with Crippen LogP contribution in [0.3, 0.4) is 0 Å². The standard InChI is InChI=1S/C13H24O10.13CH4.H2O4/c14-2-4-1-5(8(17)10(19)7(4)16)22-13-12(21)11(20)9(18)6(3-15)23-13;;;;;;;;;;;;;;1-3-4-2/h4-21H,1-3H2;13*1H4;1-2H/t4?,5-,6?,7-,8?,9-,10?,11+,12?,13-;;;;;;;;;;;;;;/m1............../s1. The molecule has 2 fully saturated rings. The summed E-state index contributed by atoms with van der Waals surface area (Å²) in [6.07, 6.45) is -12.9. The lowest BCUT2D eigenvalue weighted by atomic mass is 9.81. The maximum atomic E-state index is 9.96. The smallest absolute Gasteiger partial charge is 0.187 e. The average Bonchev–Trinajstić information content (AvgIpc) is 2.68. The predicted molar refractivity (Wildman–Crippen MR) is 167 cm³/mol. The first kappa shape index (κ1) is 83.4. The van der Waals surface area contributed by atoms with Gasteiger partial charge in [0.05, 0.1) is 18.8 Å².